The van der Waals surface area contributed by atoms with E-state index in [0.29, 0.717) is 19.0 Å². The highest BCUT2D eigenvalue weighted by molar-refractivity contribution is 5.93. The molecule has 0 radical (unpaired) electrons. The highest BCUT2D eigenvalue weighted by atomic mass is 16.5. The molecule has 0 bridgehead atoms. The number of fused-ring (bicyclic) bond motifs is 1. The number of anilines is 1. The number of esters is 1. The summed E-state index contributed by atoms with van der Waals surface area (Å²) in [7, 11) is 0. The van der Waals surface area contributed by atoms with Gasteiger partial charge in [-0.3, -0.25) is 9.78 Å². The summed E-state index contributed by atoms with van der Waals surface area (Å²) in [5, 5.41) is 0.926. The van der Waals surface area contributed by atoms with Crippen molar-refractivity contribution in [1.82, 2.24) is 15.0 Å². The topological polar surface area (TPSA) is 68.2 Å². The number of nitrogens with zero attached hydrogens (tertiary/aromatic N) is 4. The van der Waals surface area contributed by atoms with Gasteiger partial charge in [0.1, 0.15) is 18.2 Å². The molecule has 0 saturated heterocycles. The number of hydrogen-bond acceptors (Lipinski definition) is 6. The van der Waals surface area contributed by atoms with Gasteiger partial charge in [0.05, 0.1) is 23.2 Å². The summed E-state index contributed by atoms with van der Waals surface area (Å²) in [6, 6.07) is 1.96. The Labute approximate surface area is 136 Å². The monoisotopic (exact) mass is 316 g/mol. The first-order chi connectivity index (χ1) is 11.0. The second kappa shape index (κ2) is 7.35. The predicted molar refractivity (Wildman–Crippen MR) is 90.7 cm³/mol. The molecule has 0 aliphatic rings. The predicted octanol–water partition coefficient (Wildman–Crippen LogP) is 2.59. The summed E-state index contributed by atoms with van der Waals surface area (Å²) in [4.78, 5) is 27.6. The average Bonchev–Trinajstić information content (AvgIpc) is 2.50. The zero-order valence-electron chi connectivity index (χ0n) is 14.5. The number of hydrogen-bond donors (Lipinski definition) is 0. The number of aryl methyl sites for hydroxylation is 3. The van der Waals surface area contributed by atoms with E-state index in [9.17, 15) is 4.79 Å². The molecule has 6 heteroatoms. The number of ether oxygens (including phenoxy) is 1. The van der Waals surface area contributed by atoms with Crippen LogP contribution < -0.4 is 4.90 Å². The van der Waals surface area contributed by atoms with Crippen LogP contribution >= 0.6 is 0 Å². The normalized spacial score (nSPS) is 10.8. The highest BCUT2D eigenvalue weighted by Gasteiger charge is 2.19. The van der Waals surface area contributed by atoms with E-state index < -0.39 is 0 Å². The minimum Gasteiger partial charge on any atom is -0.465 e. The molecular formula is C17H24N4O2. The van der Waals surface area contributed by atoms with Crippen molar-refractivity contribution in [2.24, 2.45) is 0 Å². The van der Waals surface area contributed by atoms with E-state index in [0.717, 1.165) is 34.5 Å². The molecule has 0 fully saturated rings. The van der Waals surface area contributed by atoms with Gasteiger partial charge in [-0.15, -0.1) is 0 Å². The van der Waals surface area contributed by atoms with E-state index in [4.69, 9.17) is 4.74 Å². The maximum Gasteiger partial charge on any atom is 0.325 e. The van der Waals surface area contributed by atoms with Crippen LogP contribution in [0, 0.1) is 13.8 Å². The lowest BCUT2D eigenvalue weighted by Crippen LogP contribution is -2.32. The Bertz CT molecular complexity index is 710. The smallest absolute Gasteiger partial charge is 0.325 e. The lowest BCUT2D eigenvalue weighted by molar-refractivity contribution is -0.141. The fourth-order valence-electron chi connectivity index (χ4n) is 2.64. The molecule has 0 aliphatic carbocycles. The summed E-state index contributed by atoms with van der Waals surface area (Å²) in [5.41, 5.74) is 2.77. The minimum atomic E-state index is -0.253. The van der Waals surface area contributed by atoms with Crippen LogP contribution in [0.1, 0.15) is 38.0 Å². The molecule has 0 aliphatic heterocycles. The Morgan fingerprint density at radius 3 is 2.52 bits per heavy atom. The molecule has 0 aromatic carbocycles. The lowest BCUT2D eigenvalue weighted by atomic mass is 10.1. The van der Waals surface area contributed by atoms with E-state index in [1.165, 1.54) is 0 Å². The quantitative estimate of drug-likeness (QED) is 0.763. The zero-order valence-corrected chi connectivity index (χ0v) is 14.5. The fraction of sp³-hybridized carbons (Fsp3) is 0.529. The van der Waals surface area contributed by atoms with Gasteiger partial charge in [0.15, 0.2) is 0 Å². The van der Waals surface area contributed by atoms with Gasteiger partial charge in [-0.1, -0.05) is 6.92 Å². The number of likely N-dealkylation sites (N-methyl/N-ethyl adjacent to an activating group) is 1. The van der Waals surface area contributed by atoms with Crippen molar-refractivity contribution in [3.8, 4) is 0 Å². The van der Waals surface area contributed by atoms with Gasteiger partial charge in [-0.25, -0.2) is 9.97 Å². The summed E-state index contributed by atoms with van der Waals surface area (Å²) in [5.74, 6) is 1.19. The Kier molecular flexibility index (Phi) is 5.47. The van der Waals surface area contributed by atoms with Crippen molar-refractivity contribution in [1.29, 1.82) is 0 Å². The number of pyridine rings is 1. The Morgan fingerprint density at radius 1 is 1.17 bits per heavy atom. The fourth-order valence-corrected chi connectivity index (χ4v) is 2.64. The molecule has 23 heavy (non-hydrogen) atoms. The van der Waals surface area contributed by atoms with E-state index in [2.05, 4.69) is 21.9 Å². The van der Waals surface area contributed by atoms with Crippen LogP contribution in [-0.2, 0) is 16.0 Å². The van der Waals surface area contributed by atoms with Crippen molar-refractivity contribution in [3.05, 3.63) is 23.3 Å². The zero-order chi connectivity index (χ0) is 17.0. The van der Waals surface area contributed by atoms with Crippen LogP contribution in [0.3, 0.4) is 0 Å². The van der Waals surface area contributed by atoms with Crippen molar-refractivity contribution in [2.45, 2.75) is 41.0 Å². The van der Waals surface area contributed by atoms with Crippen LogP contribution in [0.25, 0.3) is 10.9 Å². The molecule has 0 spiro atoms. The largest absolute Gasteiger partial charge is 0.465 e. The van der Waals surface area contributed by atoms with Crippen LogP contribution in [0.2, 0.25) is 0 Å². The van der Waals surface area contributed by atoms with Crippen LogP contribution in [0.15, 0.2) is 6.07 Å². The van der Waals surface area contributed by atoms with E-state index >= 15 is 0 Å². The van der Waals surface area contributed by atoms with Crippen molar-refractivity contribution in [3.63, 3.8) is 0 Å². The molecule has 0 atom stereocenters. The molecule has 2 aromatic heterocycles. The van der Waals surface area contributed by atoms with E-state index in [1.54, 1.807) is 6.92 Å². The second-order valence-corrected chi connectivity index (χ2v) is 5.37. The van der Waals surface area contributed by atoms with Gasteiger partial charge in [0.25, 0.3) is 0 Å². The van der Waals surface area contributed by atoms with E-state index in [1.807, 2.05) is 31.7 Å². The van der Waals surface area contributed by atoms with Crippen LogP contribution in [0.4, 0.5) is 5.82 Å². The van der Waals surface area contributed by atoms with Gasteiger partial charge in [-0.2, -0.15) is 0 Å². The third-order valence-corrected chi connectivity index (χ3v) is 3.62. The average molecular weight is 316 g/mol. The Morgan fingerprint density at radius 2 is 1.91 bits per heavy atom. The molecule has 0 saturated carbocycles. The number of aromatic nitrogens is 3. The number of carbonyl (C=O) groups excluding carboxylic acids is 1. The van der Waals surface area contributed by atoms with Crippen LogP contribution in [0.5, 0.6) is 0 Å². The Hall–Kier alpha value is -2.24. The van der Waals surface area contributed by atoms with Crippen molar-refractivity contribution >= 4 is 22.7 Å². The molecule has 0 unspecified atom stereocenters. The SMILES string of the molecule is CCOC(=O)CN(CC)c1nc(C)nc2cc(C)nc(CC)c12. The first kappa shape index (κ1) is 17.1. The summed E-state index contributed by atoms with van der Waals surface area (Å²) >= 11 is 0. The number of rotatable bonds is 6. The maximum atomic E-state index is 11.9. The third-order valence-electron chi connectivity index (χ3n) is 3.62. The molecule has 6 nitrogen and oxygen atoms in total. The van der Waals surface area contributed by atoms with Crippen molar-refractivity contribution < 1.29 is 9.53 Å². The molecule has 2 aromatic rings. The number of carbonyl (C=O) groups is 1. The first-order valence-corrected chi connectivity index (χ1v) is 8.05. The molecule has 2 rings (SSSR count). The van der Waals surface area contributed by atoms with Gasteiger partial charge < -0.3 is 9.64 Å². The molecule has 0 amide bonds. The highest BCUT2D eigenvalue weighted by Crippen LogP contribution is 2.27. The summed E-state index contributed by atoms with van der Waals surface area (Å²) in [6.07, 6.45) is 0.786. The van der Waals surface area contributed by atoms with E-state index in [-0.39, 0.29) is 12.5 Å². The molecule has 0 N–H and O–H groups in total. The van der Waals surface area contributed by atoms with Gasteiger partial charge >= 0.3 is 5.97 Å². The minimum absolute atomic E-state index is 0.174. The molecular weight excluding hydrogens is 292 g/mol. The van der Waals surface area contributed by atoms with Gasteiger partial charge in [0.2, 0.25) is 0 Å². The Balaban J connectivity index is 2.59. The van der Waals surface area contributed by atoms with Gasteiger partial charge in [0, 0.05) is 12.2 Å². The maximum absolute atomic E-state index is 11.9. The van der Waals surface area contributed by atoms with Gasteiger partial charge in [-0.05, 0) is 40.2 Å². The molecule has 2 heterocycles. The summed E-state index contributed by atoms with van der Waals surface area (Å²) in [6.45, 7) is 10.9. The standard InChI is InChI=1S/C17H24N4O2/c1-6-13-16-14(9-11(4)18-13)19-12(5)20-17(16)21(7-2)10-15(22)23-8-3/h9H,6-8,10H2,1-5H3. The first-order valence-electron chi connectivity index (χ1n) is 8.05. The van der Waals surface area contributed by atoms with Crippen molar-refractivity contribution in [2.75, 3.05) is 24.6 Å². The second-order valence-electron chi connectivity index (χ2n) is 5.37. The van der Waals surface area contributed by atoms with Crippen LogP contribution in [-0.4, -0.2) is 40.6 Å². The lowest BCUT2D eigenvalue weighted by Gasteiger charge is -2.23. The third kappa shape index (κ3) is 3.75. The summed E-state index contributed by atoms with van der Waals surface area (Å²) < 4.78 is 5.07. The molecule has 124 valence electrons.